The SMILES string of the molecule is COC(=O)C1CC(COC2=CC(OC)C(C)C(NC(C(=O)N3CCc4ccc(OC(F)(F)F)cc43)c3ccc(Cl)cc3)=C2)C1. The maximum Gasteiger partial charge on any atom is 0.573 e. The van der Waals surface area contributed by atoms with E-state index in [1.807, 2.05) is 19.1 Å². The molecule has 1 amide bonds. The summed E-state index contributed by atoms with van der Waals surface area (Å²) in [6, 6.07) is 9.98. The van der Waals surface area contributed by atoms with Gasteiger partial charge >= 0.3 is 12.3 Å². The van der Waals surface area contributed by atoms with E-state index >= 15 is 0 Å². The molecule has 0 radical (unpaired) electrons. The normalized spacial score (nSPS) is 23.5. The number of alkyl halides is 3. The quantitative estimate of drug-likeness (QED) is 0.316. The molecule has 2 aromatic carbocycles. The molecular formula is C32H34ClF3N2O6. The standard InChI is InChI=1S/C32H34ClF3N2O6/c1-18-26(14-25(16-28(18)41-2)43-17-19-12-22(13-19)31(40)42-3)37-29(21-4-7-23(33)8-5-21)30(39)38-11-10-20-6-9-24(15-27(20)38)44-32(34,35)36/h4-9,14-16,18-19,22,28-29,37H,10-13,17H2,1-3H3. The Kier molecular flexibility index (Phi) is 9.45. The van der Waals surface area contributed by atoms with Crippen molar-refractivity contribution in [3.8, 4) is 5.75 Å². The zero-order valence-electron chi connectivity index (χ0n) is 24.5. The number of methoxy groups -OCH3 is 2. The molecule has 3 aliphatic rings. The molecule has 1 fully saturated rings. The second-order valence-corrected chi connectivity index (χ2v) is 11.7. The van der Waals surface area contributed by atoms with Gasteiger partial charge in [-0.1, -0.05) is 36.7 Å². The van der Waals surface area contributed by atoms with E-state index < -0.39 is 18.2 Å². The highest BCUT2D eigenvalue weighted by Gasteiger charge is 2.38. The Morgan fingerprint density at radius 2 is 1.84 bits per heavy atom. The van der Waals surface area contributed by atoms with Gasteiger partial charge in [0, 0.05) is 36.4 Å². The van der Waals surface area contributed by atoms with E-state index in [0.29, 0.717) is 60.1 Å². The van der Waals surface area contributed by atoms with Crippen molar-refractivity contribution in [2.24, 2.45) is 17.8 Å². The van der Waals surface area contributed by atoms with Gasteiger partial charge in [0.25, 0.3) is 5.91 Å². The molecule has 1 aliphatic heterocycles. The Labute approximate surface area is 258 Å². The zero-order valence-corrected chi connectivity index (χ0v) is 25.3. The lowest BCUT2D eigenvalue weighted by molar-refractivity contribution is -0.274. The van der Waals surface area contributed by atoms with Crippen LogP contribution in [0.5, 0.6) is 5.75 Å². The summed E-state index contributed by atoms with van der Waals surface area (Å²) in [6.45, 7) is 2.68. The van der Waals surface area contributed by atoms with Crippen molar-refractivity contribution in [2.75, 3.05) is 32.3 Å². The third-order valence-electron chi connectivity index (χ3n) is 8.35. The van der Waals surface area contributed by atoms with Crippen molar-refractivity contribution in [3.63, 3.8) is 0 Å². The van der Waals surface area contributed by atoms with Crippen LogP contribution in [0.1, 0.15) is 36.9 Å². The lowest BCUT2D eigenvalue weighted by atomic mass is 9.75. The number of fused-ring (bicyclic) bond motifs is 1. The predicted molar refractivity (Wildman–Crippen MR) is 157 cm³/mol. The van der Waals surface area contributed by atoms with E-state index in [4.69, 9.17) is 25.8 Å². The molecular weight excluding hydrogens is 601 g/mol. The molecule has 8 nitrogen and oxygen atoms in total. The number of ether oxygens (including phenoxy) is 4. The van der Waals surface area contributed by atoms with Gasteiger partial charge < -0.3 is 29.2 Å². The van der Waals surface area contributed by atoms with Gasteiger partial charge in [-0.25, -0.2) is 0 Å². The molecule has 12 heteroatoms. The van der Waals surface area contributed by atoms with E-state index in [-0.39, 0.29) is 35.7 Å². The summed E-state index contributed by atoms with van der Waals surface area (Å²) < 4.78 is 59.6. The molecule has 2 aliphatic carbocycles. The highest BCUT2D eigenvalue weighted by Crippen LogP contribution is 2.38. The lowest BCUT2D eigenvalue weighted by Crippen LogP contribution is -2.42. The summed E-state index contributed by atoms with van der Waals surface area (Å²) in [7, 11) is 2.98. The van der Waals surface area contributed by atoms with Crippen LogP contribution in [0.4, 0.5) is 18.9 Å². The first-order valence-electron chi connectivity index (χ1n) is 14.3. The van der Waals surface area contributed by atoms with E-state index in [9.17, 15) is 22.8 Å². The first-order valence-corrected chi connectivity index (χ1v) is 14.7. The van der Waals surface area contributed by atoms with Gasteiger partial charge in [0.05, 0.1) is 31.4 Å². The maximum atomic E-state index is 14.2. The molecule has 1 N–H and O–H groups in total. The second kappa shape index (κ2) is 13.1. The van der Waals surface area contributed by atoms with Gasteiger partial charge in [0.15, 0.2) is 0 Å². The predicted octanol–water partition coefficient (Wildman–Crippen LogP) is 6.11. The Morgan fingerprint density at radius 3 is 2.50 bits per heavy atom. The highest BCUT2D eigenvalue weighted by atomic mass is 35.5. The van der Waals surface area contributed by atoms with Crippen LogP contribution in [0.2, 0.25) is 5.02 Å². The number of carbonyl (C=O) groups excluding carboxylic acids is 2. The van der Waals surface area contributed by atoms with Gasteiger partial charge in [-0.2, -0.15) is 0 Å². The van der Waals surface area contributed by atoms with Crippen molar-refractivity contribution in [1.82, 2.24) is 5.32 Å². The number of carbonyl (C=O) groups is 2. The number of benzene rings is 2. The summed E-state index contributed by atoms with van der Waals surface area (Å²) in [6.07, 6.45) is 0.385. The number of anilines is 1. The van der Waals surface area contributed by atoms with Crippen molar-refractivity contribution >= 4 is 29.2 Å². The van der Waals surface area contributed by atoms with Crippen molar-refractivity contribution in [3.05, 3.63) is 82.2 Å². The third-order valence-corrected chi connectivity index (χ3v) is 8.60. The maximum absolute atomic E-state index is 14.2. The summed E-state index contributed by atoms with van der Waals surface area (Å²) in [5, 5.41) is 3.89. The number of nitrogens with one attached hydrogen (secondary N) is 1. The fraction of sp³-hybridized carbons (Fsp3) is 0.438. The molecule has 3 atom stereocenters. The molecule has 5 rings (SSSR count). The number of nitrogens with zero attached hydrogens (tertiary/aromatic N) is 1. The smallest absolute Gasteiger partial charge is 0.493 e. The zero-order chi connectivity index (χ0) is 31.6. The topological polar surface area (TPSA) is 86.3 Å². The van der Waals surface area contributed by atoms with Gasteiger partial charge in [-0.05, 0) is 66.7 Å². The minimum Gasteiger partial charge on any atom is -0.493 e. The molecule has 0 saturated heterocycles. The largest absolute Gasteiger partial charge is 0.573 e. The average molecular weight is 635 g/mol. The molecule has 3 unspecified atom stereocenters. The van der Waals surface area contributed by atoms with E-state index in [0.717, 1.165) is 5.56 Å². The number of hydrogen-bond donors (Lipinski definition) is 1. The Morgan fingerprint density at radius 1 is 1.11 bits per heavy atom. The molecule has 0 spiro atoms. The average Bonchev–Trinajstić information content (AvgIpc) is 3.38. The first kappa shape index (κ1) is 31.7. The van der Waals surface area contributed by atoms with E-state index in [1.54, 1.807) is 37.4 Å². The molecule has 236 valence electrons. The number of allylic oxidation sites excluding steroid dienone is 1. The van der Waals surface area contributed by atoms with E-state index in [1.165, 1.54) is 24.1 Å². The number of halogens is 4. The van der Waals surface area contributed by atoms with Crippen LogP contribution in [0, 0.1) is 17.8 Å². The fourth-order valence-corrected chi connectivity index (χ4v) is 5.97. The van der Waals surface area contributed by atoms with Crippen molar-refractivity contribution < 1.29 is 41.7 Å². The van der Waals surface area contributed by atoms with Gasteiger partial charge in [0.2, 0.25) is 0 Å². The molecule has 0 aromatic heterocycles. The molecule has 2 aromatic rings. The molecule has 1 heterocycles. The Balaban J connectivity index is 1.38. The van der Waals surface area contributed by atoms with Crippen LogP contribution in [-0.4, -0.2) is 51.7 Å². The van der Waals surface area contributed by atoms with Gasteiger partial charge in [-0.15, -0.1) is 13.2 Å². The van der Waals surface area contributed by atoms with Crippen LogP contribution in [0.15, 0.2) is 66.1 Å². The summed E-state index contributed by atoms with van der Waals surface area (Å²) in [4.78, 5) is 27.4. The monoisotopic (exact) mass is 634 g/mol. The first-order chi connectivity index (χ1) is 21.0. The molecule has 1 saturated carbocycles. The minimum absolute atomic E-state index is 0.105. The summed E-state index contributed by atoms with van der Waals surface area (Å²) in [5.74, 6) is -0.448. The molecule has 0 bridgehead atoms. The lowest BCUT2D eigenvalue weighted by Gasteiger charge is -2.35. The number of rotatable bonds is 10. The number of amides is 1. The van der Waals surface area contributed by atoms with Crippen LogP contribution >= 0.6 is 11.6 Å². The van der Waals surface area contributed by atoms with Crippen LogP contribution in [0.3, 0.4) is 0 Å². The second-order valence-electron chi connectivity index (χ2n) is 11.2. The van der Waals surface area contributed by atoms with E-state index in [2.05, 4.69) is 10.1 Å². The summed E-state index contributed by atoms with van der Waals surface area (Å²) in [5.41, 5.74) is 2.43. The summed E-state index contributed by atoms with van der Waals surface area (Å²) >= 11 is 6.14. The molecule has 44 heavy (non-hydrogen) atoms. The number of esters is 1. The van der Waals surface area contributed by atoms with Crippen LogP contribution in [0.25, 0.3) is 0 Å². The minimum atomic E-state index is -4.86. The fourth-order valence-electron chi connectivity index (χ4n) is 5.85. The Bertz CT molecular complexity index is 1440. The van der Waals surface area contributed by atoms with Gasteiger partial charge in [0.1, 0.15) is 17.6 Å². The van der Waals surface area contributed by atoms with Crippen LogP contribution < -0.4 is 15.0 Å². The number of hydrogen-bond acceptors (Lipinski definition) is 7. The van der Waals surface area contributed by atoms with Crippen LogP contribution in [-0.2, 0) is 30.2 Å². The van der Waals surface area contributed by atoms with Gasteiger partial charge in [-0.3, -0.25) is 9.59 Å². The third kappa shape index (κ3) is 7.15. The Hall–Kier alpha value is -3.70. The van der Waals surface area contributed by atoms with Crippen molar-refractivity contribution in [1.29, 1.82) is 0 Å². The highest BCUT2D eigenvalue weighted by molar-refractivity contribution is 6.30. The van der Waals surface area contributed by atoms with Crippen molar-refractivity contribution in [2.45, 2.75) is 44.7 Å².